The van der Waals surface area contributed by atoms with E-state index >= 15 is 0 Å². The van der Waals surface area contributed by atoms with Crippen LogP contribution in [-0.4, -0.2) is 30.0 Å². The average molecular weight is 230 g/mol. The molecule has 1 heterocycles. The molecule has 1 saturated heterocycles. The van der Waals surface area contributed by atoms with Crippen LogP contribution in [0, 0.1) is 5.41 Å². The van der Waals surface area contributed by atoms with Gasteiger partial charge in [-0.2, -0.15) is 11.8 Å². The molecule has 0 aromatic heterocycles. The Hall–Kier alpha value is -0.220. The number of rotatable bonds is 4. The van der Waals surface area contributed by atoms with Crippen molar-refractivity contribution >= 4 is 17.7 Å². The summed E-state index contributed by atoms with van der Waals surface area (Å²) in [6.45, 7) is 4.39. The second-order valence-electron chi connectivity index (χ2n) is 4.48. The van der Waals surface area contributed by atoms with Crippen molar-refractivity contribution in [2.75, 3.05) is 18.1 Å². The summed E-state index contributed by atoms with van der Waals surface area (Å²) < 4.78 is 0. The topological polar surface area (TPSA) is 55.1 Å². The molecule has 1 rings (SSSR count). The van der Waals surface area contributed by atoms with Gasteiger partial charge in [-0.3, -0.25) is 4.79 Å². The van der Waals surface area contributed by atoms with Gasteiger partial charge in [0.25, 0.3) is 0 Å². The molecule has 1 unspecified atom stereocenters. The molecule has 0 aromatic carbocycles. The highest BCUT2D eigenvalue weighted by molar-refractivity contribution is 7.99. The van der Waals surface area contributed by atoms with E-state index < -0.39 is 0 Å². The van der Waals surface area contributed by atoms with E-state index in [4.69, 9.17) is 5.73 Å². The Bertz CT molecular complexity index is 211. The molecule has 15 heavy (non-hydrogen) atoms. The molecular formula is C11H22N2OS. The summed E-state index contributed by atoms with van der Waals surface area (Å²) in [5.41, 5.74) is 5.27. The maximum atomic E-state index is 12.0. The number of hydrogen-bond donors (Lipinski definition) is 2. The standard InChI is InChI=1S/C11H22N2OS/c1-3-11(2,8-12)10(14)13-9-4-6-15-7-5-9/h9H,3-8,12H2,1-2H3,(H,13,14). The van der Waals surface area contributed by atoms with E-state index in [0.29, 0.717) is 12.6 Å². The van der Waals surface area contributed by atoms with Gasteiger partial charge in [-0.1, -0.05) is 6.92 Å². The summed E-state index contributed by atoms with van der Waals surface area (Å²) in [6, 6.07) is 0.371. The quantitative estimate of drug-likeness (QED) is 0.767. The fourth-order valence-corrected chi connectivity index (χ4v) is 2.71. The van der Waals surface area contributed by atoms with Gasteiger partial charge in [0.1, 0.15) is 0 Å². The van der Waals surface area contributed by atoms with Crippen LogP contribution < -0.4 is 11.1 Å². The molecule has 3 nitrogen and oxygen atoms in total. The summed E-state index contributed by atoms with van der Waals surface area (Å²) in [5, 5.41) is 3.13. The van der Waals surface area contributed by atoms with Crippen LogP contribution in [0.3, 0.4) is 0 Å². The van der Waals surface area contributed by atoms with Crippen LogP contribution in [0.4, 0.5) is 0 Å². The minimum atomic E-state index is -0.384. The number of carbonyl (C=O) groups is 1. The molecule has 0 spiro atoms. The van der Waals surface area contributed by atoms with Crippen LogP contribution >= 0.6 is 11.8 Å². The lowest BCUT2D eigenvalue weighted by atomic mass is 9.86. The summed E-state index contributed by atoms with van der Waals surface area (Å²) in [4.78, 5) is 12.0. The normalized spacial score (nSPS) is 22.1. The van der Waals surface area contributed by atoms with Crippen molar-refractivity contribution in [3.05, 3.63) is 0 Å². The van der Waals surface area contributed by atoms with Crippen molar-refractivity contribution in [2.24, 2.45) is 11.1 Å². The maximum absolute atomic E-state index is 12.0. The third kappa shape index (κ3) is 3.38. The van der Waals surface area contributed by atoms with Crippen molar-refractivity contribution in [2.45, 2.75) is 39.2 Å². The average Bonchev–Trinajstić information content (AvgIpc) is 2.29. The van der Waals surface area contributed by atoms with E-state index in [2.05, 4.69) is 5.32 Å². The Labute approximate surface area is 96.6 Å². The predicted molar refractivity (Wildman–Crippen MR) is 65.9 cm³/mol. The van der Waals surface area contributed by atoms with E-state index in [-0.39, 0.29) is 11.3 Å². The molecule has 1 fully saturated rings. The van der Waals surface area contributed by atoms with Crippen LogP contribution in [-0.2, 0) is 4.79 Å². The number of thioether (sulfide) groups is 1. The van der Waals surface area contributed by atoms with Gasteiger partial charge in [-0.15, -0.1) is 0 Å². The lowest BCUT2D eigenvalue weighted by Crippen LogP contribution is -2.48. The third-order valence-corrected chi connectivity index (χ3v) is 4.38. The molecular weight excluding hydrogens is 208 g/mol. The summed E-state index contributed by atoms with van der Waals surface area (Å²) in [5.74, 6) is 2.46. The number of nitrogens with one attached hydrogen (secondary N) is 1. The van der Waals surface area contributed by atoms with Crippen molar-refractivity contribution in [3.8, 4) is 0 Å². The fraction of sp³-hybridized carbons (Fsp3) is 0.909. The minimum absolute atomic E-state index is 0.129. The predicted octanol–water partition coefficient (Wildman–Crippen LogP) is 1.37. The maximum Gasteiger partial charge on any atom is 0.227 e. The van der Waals surface area contributed by atoms with Crippen LogP contribution in [0.5, 0.6) is 0 Å². The molecule has 4 heteroatoms. The Kier molecular flexibility index (Phi) is 4.93. The highest BCUT2D eigenvalue weighted by atomic mass is 32.2. The second kappa shape index (κ2) is 5.75. The first-order chi connectivity index (χ1) is 7.12. The SMILES string of the molecule is CCC(C)(CN)C(=O)NC1CCSCC1. The van der Waals surface area contributed by atoms with Gasteiger partial charge in [0.15, 0.2) is 0 Å². The molecule has 1 aliphatic heterocycles. The molecule has 1 aliphatic rings. The van der Waals surface area contributed by atoms with E-state index in [1.165, 1.54) is 0 Å². The second-order valence-corrected chi connectivity index (χ2v) is 5.70. The highest BCUT2D eigenvalue weighted by Crippen LogP contribution is 2.22. The molecule has 0 bridgehead atoms. The Balaban J connectivity index is 2.45. The van der Waals surface area contributed by atoms with E-state index in [0.717, 1.165) is 30.8 Å². The minimum Gasteiger partial charge on any atom is -0.353 e. The monoisotopic (exact) mass is 230 g/mol. The first-order valence-corrected chi connectivity index (χ1v) is 6.86. The molecule has 0 radical (unpaired) electrons. The van der Waals surface area contributed by atoms with Gasteiger partial charge in [0.2, 0.25) is 5.91 Å². The van der Waals surface area contributed by atoms with Crippen LogP contribution in [0.25, 0.3) is 0 Å². The summed E-state index contributed by atoms with van der Waals surface area (Å²) in [6.07, 6.45) is 3.00. The summed E-state index contributed by atoms with van der Waals surface area (Å²) >= 11 is 1.97. The van der Waals surface area contributed by atoms with Gasteiger partial charge in [0.05, 0.1) is 5.41 Å². The lowest BCUT2D eigenvalue weighted by Gasteiger charge is -2.30. The number of carbonyl (C=O) groups excluding carboxylic acids is 1. The van der Waals surface area contributed by atoms with Gasteiger partial charge >= 0.3 is 0 Å². The van der Waals surface area contributed by atoms with Crippen molar-refractivity contribution in [1.82, 2.24) is 5.32 Å². The number of amides is 1. The molecule has 0 aromatic rings. The van der Waals surface area contributed by atoms with Crippen molar-refractivity contribution < 1.29 is 4.79 Å². The van der Waals surface area contributed by atoms with Gasteiger partial charge in [-0.05, 0) is 37.7 Å². The van der Waals surface area contributed by atoms with E-state index in [9.17, 15) is 4.79 Å². The van der Waals surface area contributed by atoms with Crippen molar-refractivity contribution in [3.63, 3.8) is 0 Å². The fourth-order valence-electron chi connectivity index (χ4n) is 1.60. The Morgan fingerprint density at radius 1 is 1.53 bits per heavy atom. The lowest BCUT2D eigenvalue weighted by molar-refractivity contribution is -0.130. The molecule has 1 amide bonds. The first-order valence-electron chi connectivity index (χ1n) is 5.71. The number of nitrogens with two attached hydrogens (primary N) is 1. The Morgan fingerprint density at radius 2 is 2.13 bits per heavy atom. The molecule has 0 aliphatic carbocycles. The smallest absolute Gasteiger partial charge is 0.227 e. The molecule has 3 N–H and O–H groups in total. The van der Waals surface area contributed by atoms with Crippen molar-refractivity contribution in [1.29, 1.82) is 0 Å². The third-order valence-electron chi connectivity index (χ3n) is 3.34. The van der Waals surface area contributed by atoms with Crippen LogP contribution in [0.2, 0.25) is 0 Å². The van der Waals surface area contributed by atoms with Gasteiger partial charge in [0, 0.05) is 12.6 Å². The zero-order chi connectivity index (χ0) is 11.3. The molecule has 88 valence electrons. The zero-order valence-electron chi connectivity index (χ0n) is 9.71. The van der Waals surface area contributed by atoms with Crippen LogP contribution in [0.1, 0.15) is 33.1 Å². The largest absolute Gasteiger partial charge is 0.353 e. The van der Waals surface area contributed by atoms with Crippen LogP contribution in [0.15, 0.2) is 0 Å². The first kappa shape index (κ1) is 12.8. The number of hydrogen-bond acceptors (Lipinski definition) is 3. The molecule has 1 atom stereocenters. The van der Waals surface area contributed by atoms with Gasteiger partial charge in [-0.25, -0.2) is 0 Å². The summed E-state index contributed by atoms with van der Waals surface area (Å²) in [7, 11) is 0. The zero-order valence-corrected chi connectivity index (χ0v) is 10.5. The molecule has 0 saturated carbocycles. The Morgan fingerprint density at radius 3 is 2.60 bits per heavy atom. The van der Waals surface area contributed by atoms with E-state index in [1.54, 1.807) is 0 Å². The highest BCUT2D eigenvalue weighted by Gasteiger charge is 2.31. The van der Waals surface area contributed by atoms with E-state index in [1.807, 2.05) is 25.6 Å². The van der Waals surface area contributed by atoms with Gasteiger partial charge < -0.3 is 11.1 Å².